The van der Waals surface area contributed by atoms with E-state index in [1.54, 1.807) is 0 Å². The Morgan fingerprint density at radius 3 is 2.94 bits per heavy atom. The van der Waals surface area contributed by atoms with Crippen LogP contribution in [0.1, 0.15) is 36.0 Å². The van der Waals surface area contributed by atoms with Crippen LogP contribution in [0.15, 0.2) is 18.5 Å². The monoisotopic (exact) mass is 251 g/mol. The Hall–Kier alpha value is -1.49. The largest absolute Gasteiger partial charge is 0.349 e. The van der Waals surface area contributed by atoms with E-state index >= 15 is 0 Å². The third-order valence-electron chi connectivity index (χ3n) is 3.50. The average molecular weight is 251 g/mol. The van der Waals surface area contributed by atoms with E-state index in [0.29, 0.717) is 12.5 Å². The standard InChI is InChI=1S/C13H18FN3O/c14-11-5-10(7-16-8-11)13(18)17-12-4-2-1-3-9(12)6-15/h5,7-9,12H,1-4,6,15H2,(H,17,18). The summed E-state index contributed by atoms with van der Waals surface area (Å²) in [6.45, 7) is 0.576. The normalized spacial score (nSPS) is 23.7. The zero-order valence-corrected chi connectivity index (χ0v) is 10.2. The minimum Gasteiger partial charge on any atom is -0.349 e. The Morgan fingerprint density at radius 1 is 1.44 bits per heavy atom. The molecule has 2 rings (SSSR count). The van der Waals surface area contributed by atoms with Gasteiger partial charge in [-0.1, -0.05) is 12.8 Å². The first-order valence-electron chi connectivity index (χ1n) is 6.32. The smallest absolute Gasteiger partial charge is 0.253 e. The van der Waals surface area contributed by atoms with Gasteiger partial charge >= 0.3 is 0 Å². The molecule has 1 aliphatic carbocycles. The first-order chi connectivity index (χ1) is 8.70. The minimum absolute atomic E-state index is 0.0968. The Morgan fingerprint density at radius 2 is 2.22 bits per heavy atom. The number of hydrogen-bond acceptors (Lipinski definition) is 3. The quantitative estimate of drug-likeness (QED) is 0.854. The molecule has 3 N–H and O–H groups in total. The number of nitrogens with two attached hydrogens (primary N) is 1. The van der Waals surface area contributed by atoms with Crippen molar-refractivity contribution in [2.24, 2.45) is 11.7 Å². The molecule has 0 bridgehead atoms. The number of rotatable bonds is 3. The van der Waals surface area contributed by atoms with Gasteiger partial charge in [-0.25, -0.2) is 4.39 Å². The molecule has 1 heterocycles. The van der Waals surface area contributed by atoms with Gasteiger partial charge in [-0.3, -0.25) is 9.78 Å². The van der Waals surface area contributed by atoms with Crippen LogP contribution in [0.25, 0.3) is 0 Å². The Kier molecular flexibility index (Phi) is 4.25. The molecule has 1 aromatic rings. The molecule has 2 atom stereocenters. The molecule has 1 amide bonds. The van der Waals surface area contributed by atoms with Gasteiger partial charge in [-0.15, -0.1) is 0 Å². The molecular formula is C13H18FN3O. The maximum atomic E-state index is 13.0. The fourth-order valence-electron chi connectivity index (χ4n) is 2.47. The fourth-order valence-corrected chi connectivity index (χ4v) is 2.47. The lowest BCUT2D eigenvalue weighted by molar-refractivity contribution is 0.0907. The second-order valence-electron chi connectivity index (χ2n) is 4.75. The average Bonchev–Trinajstić information content (AvgIpc) is 2.39. The molecule has 2 unspecified atom stereocenters. The zero-order chi connectivity index (χ0) is 13.0. The molecular weight excluding hydrogens is 233 g/mol. The third kappa shape index (κ3) is 3.04. The maximum absolute atomic E-state index is 13.0. The fraction of sp³-hybridized carbons (Fsp3) is 0.538. The lowest BCUT2D eigenvalue weighted by Crippen LogP contribution is -2.44. The molecule has 1 fully saturated rings. The Bertz CT molecular complexity index is 424. The molecule has 1 saturated carbocycles. The van der Waals surface area contributed by atoms with E-state index in [2.05, 4.69) is 10.3 Å². The van der Waals surface area contributed by atoms with Gasteiger partial charge in [-0.05, 0) is 31.4 Å². The number of carbonyl (C=O) groups is 1. The van der Waals surface area contributed by atoms with Crippen molar-refractivity contribution in [3.63, 3.8) is 0 Å². The van der Waals surface area contributed by atoms with Crippen molar-refractivity contribution in [1.29, 1.82) is 0 Å². The highest BCUT2D eigenvalue weighted by Crippen LogP contribution is 2.23. The summed E-state index contributed by atoms with van der Waals surface area (Å²) >= 11 is 0. The van der Waals surface area contributed by atoms with Gasteiger partial charge in [0.25, 0.3) is 5.91 Å². The van der Waals surface area contributed by atoms with Gasteiger partial charge in [0.2, 0.25) is 0 Å². The van der Waals surface area contributed by atoms with Crippen LogP contribution >= 0.6 is 0 Å². The molecule has 0 aliphatic heterocycles. The van der Waals surface area contributed by atoms with E-state index in [9.17, 15) is 9.18 Å². The molecule has 0 saturated heterocycles. The maximum Gasteiger partial charge on any atom is 0.253 e. The van der Waals surface area contributed by atoms with Crippen LogP contribution in [0, 0.1) is 11.7 Å². The van der Waals surface area contributed by atoms with Gasteiger partial charge in [0.1, 0.15) is 5.82 Å². The van der Waals surface area contributed by atoms with Crippen LogP contribution in [0.5, 0.6) is 0 Å². The topological polar surface area (TPSA) is 68.0 Å². The van der Waals surface area contributed by atoms with Gasteiger partial charge in [0, 0.05) is 12.2 Å². The summed E-state index contributed by atoms with van der Waals surface area (Å²) in [5.41, 5.74) is 5.97. The van der Waals surface area contributed by atoms with Gasteiger partial charge in [-0.2, -0.15) is 0 Å². The van der Waals surface area contributed by atoms with Crippen LogP contribution in [-0.4, -0.2) is 23.5 Å². The number of amides is 1. The number of pyridine rings is 1. The highest BCUT2D eigenvalue weighted by atomic mass is 19.1. The van der Waals surface area contributed by atoms with Gasteiger partial charge in [0.05, 0.1) is 11.8 Å². The summed E-state index contributed by atoms with van der Waals surface area (Å²) in [7, 11) is 0. The van der Waals surface area contributed by atoms with Crippen LogP contribution in [0.2, 0.25) is 0 Å². The van der Waals surface area contributed by atoms with E-state index in [0.717, 1.165) is 31.9 Å². The van der Waals surface area contributed by atoms with Crippen LogP contribution in [-0.2, 0) is 0 Å². The summed E-state index contributed by atoms with van der Waals surface area (Å²) in [5, 5.41) is 2.94. The highest BCUT2D eigenvalue weighted by molar-refractivity contribution is 5.94. The zero-order valence-electron chi connectivity index (χ0n) is 10.2. The van der Waals surface area contributed by atoms with E-state index < -0.39 is 5.82 Å². The second-order valence-corrected chi connectivity index (χ2v) is 4.75. The number of carbonyl (C=O) groups excluding carboxylic acids is 1. The molecule has 5 heteroatoms. The first-order valence-corrected chi connectivity index (χ1v) is 6.32. The number of halogens is 1. The van der Waals surface area contributed by atoms with Crippen molar-refractivity contribution in [3.8, 4) is 0 Å². The van der Waals surface area contributed by atoms with Crippen molar-refractivity contribution < 1.29 is 9.18 Å². The minimum atomic E-state index is -0.498. The number of nitrogens with zero attached hydrogens (tertiary/aromatic N) is 1. The van der Waals surface area contributed by atoms with Gasteiger partial charge < -0.3 is 11.1 Å². The molecule has 4 nitrogen and oxygen atoms in total. The first kappa shape index (κ1) is 13.0. The second kappa shape index (κ2) is 5.91. The van der Waals surface area contributed by atoms with Crippen molar-refractivity contribution in [2.75, 3.05) is 6.54 Å². The van der Waals surface area contributed by atoms with E-state index in [4.69, 9.17) is 5.73 Å². The molecule has 1 aromatic heterocycles. The summed E-state index contributed by atoms with van der Waals surface area (Å²) in [4.78, 5) is 15.6. The van der Waals surface area contributed by atoms with Crippen molar-refractivity contribution in [3.05, 3.63) is 29.8 Å². The summed E-state index contributed by atoms with van der Waals surface area (Å²) < 4.78 is 13.0. The van der Waals surface area contributed by atoms with Crippen molar-refractivity contribution in [1.82, 2.24) is 10.3 Å². The molecule has 98 valence electrons. The number of hydrogen-bond donors (Lipinski definition) is 2. The molecule has 0 aromatic carbocycles. The number of aromatic nitrogens is 1. The SMILES string of the molecule is NCC1CCCCC1NC(=O)c1cncc(F)c1. The van der Waals surface area contributed by atoms with Crippen molar-refractivity contribution in [2.45, 2.75) is 31.7 Å². The lowest BCUT2D eigenvalue weighted by Gasteiger charge is -2.31. The molecule has 0 spiro atoms. The van der Waals surface area contributed by atoms with Crippen molar-refractivity contribution >= 4 is 5.91 Å². The van der Waals surface area contributed by atoms with Crippen LogP contribution in [0.4, 0.5) is 4.39 Å². The van der Waals surface area contributed by atoms with E-state index in [-0.39, 0.29) is 17.5 Å². The Labute approximate surface area is 106 Å². The number of nitrogens with one attached hydrogen (secondary N) is 1. The van der Waals surface area contributed by atoms with E-state index in [1.165, 1.54) is 12.3 Å². The van der Waals surface area contributed by atoms with Crippen LogP contribution < -0.4 is 11.1 Å². The lowest BCUT2D eigenvalue weighted by atomic mass is 9.84. The van der Waals surface area contributed by atoms with Crippen LogP contribution in [0.3, 0.4) is 0 Å². The Balaban J connectivity index is 2.02. The van der Waals surface area contributed by atoms with E-state index in [1.807, 2.05) is 0 Å². The molecule has 0 radical (unpaired) electrons. The predicted molar refractivity (Wildman–Crippen MR) is 66.5 cm³/mol. The molecule has 1 aliphatic rings. The predicted octanol–water partition coefficient (Wildman–Crippen LogP) is 1.47. The highest BCUT2D eigenvalue weighted by Gasteiger charge is 2.25. The molecule has 18 heavy (non-hydrogen) atoms. The summed E-state index contributed by atoms with van der Waals surface area (Å²) in [5.74, 6) is -0.446. The summed E-state index contributed by atoms with van der Waals surface area (Å²) in [6, 6.07) is 1.29. The summed E-state index contributed by atoms with van der Waals surface area (Å²) in [6.07, 6.45) is 6.70. The van der Waals surface area contributed by atoms with Gasteiger partial charge in [0.15, 0.2) is 0 Å². The third-order valence-corrected chi connectivity index (χ3v) is 3.50.